The maximum absolute atomic E-state index is 6.80. The highest BCUT2D eigenvalue weighted by Crippen LogP contribution is 2.67. The zero-order chi connectivity index (χ0) is 34.1. The Labute approximate surface area is 297 Å². The molecule has 0 bridgehead atoms. The molecule has 5 aromatic carbocycles. The minimum Gasteiger partial charge on any atom is -0.455 e. The van der Waals surface area contributed by atoms with Gasteiger partial charge in [0.1, 0.15) is 11.3 Å². The number of benzene rings is 5. The highest BCUT2D eigenvalue weighted by molar-refractivity contribution is 6.07. The van der Waals surface area contributed by atoms with Gasteiger partial charge in [-0.15, -0.1) is 0 Å². The third kappa shape index (κ3) is 4.12. The molecular weight excluding hydrogens is 621 g/mol. The van der Waals surface area contributed by atoms with E-state index in [9.17, 15) is 0 Å². The van der Waals surface area contributed by atoms with Crippen molar-refractivity contribution >= 4 is 28.7 Å². The lowest BCUT2D eigenvalue weighted by Gasteiger charge is -2.37. The Bertz CT molecular complexity index is 2580. The Morgan fingerprint density at radius 1 is 0.745 bits per heavy atom. The molecule has 10 rings (SSSR count). The van der Waals surface area contributed by atoms with Crippen LogP contribution in [0.2, 0.25) is 0 Å². The SMILES string of the molecule is C=Cc1oc2c3c(ccc2c1C=CC)C1(c2ccccc2C2=CC=CCC21)c1c(-c2cc(-c4ccccc4)nc(-c4ccccc4)n2)cccc1-3. The average molecular weight is 655 g/mol. The van der Waals surface area contributed by atoms with Gasteiger partial charge in [0.05, 0.1) is 16.8 Å². The van der Waals surface area contributed by atoms with E-state index >= 15 is 0 Å². The molecule has 3 nitrogen and oxygen atoms in total. The molecule has 3 heteroatoms. The predicted molar refractivity (Wildman–Crippen MR) is 210 cm³/mol. The van der Waals surface area contributed by atoms with Crippen molar-refractivity contribution in [2.24, 2.45) is 5.92 Å². The second-order valence-electron chi connectivity index (χ2n) is 13.6. The van der Waals surface area contributed by atoms with Gasteiger partial charge < -0.3 is 4.42 Å². The van der Waals surface area contributed by atoms with Gasteiger partial charge in [-0.3, -0.25) is 0 Å². The lowest BCUT2D eigenvalue weighted by atomic mass is 9.64. The summed E-state index contributed by atoms with van der Waals surface area (Å²) < 4.78 is 6.80. The van der Waals surface area contributed by atoms with E-state index in [0.29, 0.717) is 5.82 Å². The predicted octanol–water partition coefficient (Wildman–Crippen LogP) is 12.2. The monoisotopic (exact) mass is 654 g/mol. The van der Waals surface area contributed by atoms with E-state index in [0.717, 1.165) is 62.4 Å². The number of hydrogen-bond acceptors (Lipinski definition) is 3. The van der Waals surface area contributed by atoms with Crippen LogP contribution in [-0.4, -0.2) is 9.97 Å². The zero-order valence-electron chi connectivity index (χ0n) is 28.3. The maximum Gasteiger partial charge on any atom is 0.160 e. The molecule has 51 heavy (non-hydrogen) atoms. The van der Waals surface area contributed by atoms with Crippen LogP contribution >= 0.6 is 0 Å². The van der Waals surface area contributed by atoms with Crippen molar-refractivity contribution in [3.05, 3.63) is 186 Å². The molecule has 0 N–H and O–H groups in total. The number of allylic oxidation sites excluding steroid dienone is 5. The first kappa shape index (κ1) is 29.6. The van der Waals surface area contributed by atoms with Gasteiger partial charge in [0.2, 0.25) is 0 Å². The van der Waals surface area contributed by atoms with Crippen molar-refractivity contribution in [2.75, 3.05) is 0 Å². The summed E-state index contributed by atoms with van der Waals surface area (Å²) in [6.45, 7) is 6.17. The van der Waals surface area contributed by atoms with Crippen molar-refractivity contribution in [3.8, 4) is 45.0 Å². The quantitative estimate of drug-likeness (QED) is 0.185. The summed E-state index contributed by atoms with van der Waals surface area (Å²) in [4.78, 5) is 10.5. The second-order valence-corrected chi connectivity index (χ2v) is 13.6. The lowest BCUT2D eigenvalue weighted by molar-refractivity contribution is 0.495. The second kappa shape index (κ2) is 11.4. The van der Waals surface area contributed by atoms with Crippen molar-refractivity contribution in [1.82, 2.24) is 9.97 Å². The van der Waals surface area contributed by atoms with Gasteiger partial charge in [-0.25, -0.2) is 9.97 Å². The summed E-state index contributed by atoms with van der Waals surface area (Å²) in [5.74, 6) is 1.70. The Hall–Kier alpha value is -6.32. The molecule has 0 aliphatic heterocycles. The number of aromatic nitrogens is 2. The molecular formula is C48H34N2O. The van der Waals surface area contributed by atoms with E-state index in [1.807, 2.05) is 37.3 Å². The number of fused-ring (bicyclic) bond motifs is 12. The van der Waals surface area contributed by atoms with Crippen molar-refractivity contribution in [3.63, 3.8) is 0 Å². The van der Waals surface area contributed by atoms with Crippen molar-refractivity contribution in [2.45, 2.75) is 18.8 Å². The summed E-state index contributed by atoms with van der Waals surface area (Å²) in [6, 6.07) is 43.3. The Morgan fingerprint density at radius 2 is 1.47 bits per heavy atom. The molecule has 3 aliphatic rings. The Kier molecular flexibility index (Phi) is 6.59. The third-order valence-corrected chi connectivity index (χ3v) is 11.0. The van der Waals surface area contributed by atoms with Crippen LogP contribution < -0.4 is 0 Å². The smallest absolute Gasteiger partial charge is 0.160 e. The van der Waals surface area contributed by atoms with Crippen molar-refractivity contribution in [1.29, 1.82) is 0 Å². The van der Waals surface area contributed by atoms with Crippen LogP contribution in [0.5, 0.6) is 0 Å². The molecule has 0 amide bonds. The van der Waals surface area contributed by atoms with Gasteiger partial charge in [0, 0.05) is 39.1 Å². The van der Waals surface area contributed by atoms with Crippen LogP contribution in [0.25, 0.3) is 73.7 Å². The molecule has 0 fully saturated rings. The van der Waals surface area contributed by atoms with Gasteiger partial charge in [-0.2, -0.15) is 0 Å². The van der Waals surface area contributed by atoms with Gasteiger partial charge in [-0.1, -0.05) is 152 Å². The van der Waals surface area contributed by atoms with E-state index < -0.39 is 5.41 Å². The Morgan fingerprint density at radius 3 is 2.27 bits per heavy atom. The third-order valence-electron chi connectivity index (χ3n) is 11.0. The number of nitrogens with zero attached hydrogens (tertiary/aromatic N) is 2. The largest absolute Gasteiger partial charge is 0.455 e. The highest BCUT2D eigenvalue weighted by atomic mass is 16.3. The van der Waals surface area contributed by atoms with E-state index in [1.54, 1.807) is 0 Å². The van der Waals surface area contributed by atoms with E-state index in [4.69, 9.17) is 14.4 Å². The van der Waals surface area contributed by atoms with E-state index in [-0.39, 0.29) is 5.92 Å². The van der Waals surface area contributed by atoms with Crippen LogP contribution in [-0.2, 0) is 5.41 Å². The van der Waals surface area contributed by atoms with Gasteiger partial charge in [-0.05, 0) is 58.9 Å². The highest BCUT2D eigenvalue weighted by Gasteiger charge is 2.57. The minimum atomic E-state index is -0.463. The first-order valence-corrected chi connectivity index (χ1v) is 17.7. The molecule has 2 heterocycles. The van der Waals surface area contributed by atoms with Gasteiger partial charge in [0.25, 0.3) is 0 Å². The maximum atomic E-state index is 6.80. The first-order chi connectivity index (χ1) is 25.2. The fourth-order valence-electron chi connectivity index (χ4n) is 9.10. The summed E-state index contributed by atoms with van der Waals surface area (Å²) in [6.07, 6.45) is 13.9. The molecule has 7 aromatic rings. The minimum absolute atomic E-state index is 0.200. The molecule has 0 saturated carbocycles. The molecule has 2 atom stereocenters. The average Bonchev–Trinajstić information content (AvgIpc) is 3.82. The first-order valence-electron chi connectivity index (χ1n) is 17.7. The number of rotatable bonds is 5. The van der Waals surface area contributed by atoms with Crippen LogP contribution in [0.4, 0.5) is 0 Å². The fourth-order valence-corrected chi connectivity index (χ4v) is 9.10. The molecule has 242 valence electrons. The molecule has 0 saturated heterocycles. The van der Waals surface area contributed by atoms with E-state index in [1.165, 1.54) is 33.4 Å². The molecule has 1 spiro atoms. The van der Waals surface area contributed by atoms with Crippen LogP contribution in [0.15, 0.2) is 157 Å². The van der Waals surface area contributed by atoms with Crippen LogP contribution in [0, 0.1) is 5.92 Å². The Balaban J connectivity index is 1.34. The molecule has 2 aromatic heterocycles. The van der Waals surface area contributed by atoms with Crippen molar-refractivity contribution < 1.29 is 4.42 Å². The van der Waals surface area contributed by atoms with Crippen LogP contribution in [0.1, 0.15) is 46.9 Å². The number of hydrogen-bond donors (Lipinski definition) is 0. The summed E-state index contributed by atoms with van der Waals surface area (Å²) in [7, 11) is 0. The normalized spacial score (nSPS) is 18.1. The molecule has 0 radical (unpaired) electrons. The summed E-state index contributed by atoms with van der Waals surface area (Å²) in [5, 5.41) is 1.10. The van der Waals surface area contributed by atoms with Gasteiger partial charge in [0.15, 0.2) is 5.82 Å². The van der Waals surface area contributed by atoms with Gasteiger partial charge >= 0.3 is 0 Å². The number of furan rings is 1. The van der Waals surface area contributed by atoms with E-state index in [2.05, 4.69) is 134 Å². The lowest BCUT2D eigenvalue weighted by Crippen LogP contribution is -2.33. The fraction of sp³-hybridized carbons (Fsp3) is 0.0833. The van der Waals surface area contributed by atoms with Crippen LogP contribution in [0.3, 0.4) is 0 Å². The summed E-state index contributed by atoms with van der Waals surface area (Å²) >= 11 is 0. The summed E-state index contributed by atoms with van der Waals surface area (Å²) in [5.41, 5.74) is 15.4. The molecule has 2 unspecified atom stereocenters. The zero-order valence-corrected chi connectivity index (χ0v) is 28.3. The topological polar surface area (TPSA) is 38.9 Å². The molecule has 3 aliphatic carbocycles. The standard InChI is InChI=1S/C48H34N2O/c1-3-16-34-35-27-28-40-44(46(35)51-43(34)4-2)37-24-15-23-36(45(37)48(40)38-25-13-11-21-32(38)33-22-12-14-26-39(33)48)42-29-41(30-17-7-5-8-18-30)49-47(50-42)31-19-9-6-10-20-31/h3-25,27-29,39H,2,26H2,1H3.